The first-order valence-corrected chi connectivity index (χ1v) is 6.40. The number of methoxy groups -OCH3 is 1. The molecule has 1 aliphatic carbocycles. The van der Waals surface area contributed by atoms with Gasteiger partial charge in [-0.25, -0.2) is 0 Å². The van der Waals surface area contributed by atoms with Crippen LogP contribution in [0.5, 0.6) is 0 Å². The predicted octanol–water partition coefficient (Wildman–Crippen LogP) is 0.760. The molecule has 0 bridgehead atoms. The third-order valence-electron chi connectivity index (χ3n) is 2.93. The summed E-state index contributed by atoms with van der Waals surface area (Å²) < 4.78 is 5.31. The van der Waals surface area contributed by atoms with E-state index in [4.69, 9.17) is 4.74 Å². The van der Waals surface area contributed by atoms with E-state index in [-0.39, 0.29) is 20.7 Å². The monoisotopic (exact) mass is 172 g/mol. The molecule has 1 fully saturated rings. The van der Waals surface area contributed by atoms with Gasteiger partial charge in [0.05, 0.1) is 6.10 Å². The highest BCUT2D eigenvalue weighted by atomic mass is 28.2. The van der Waals surface area contributed by atoms with Crippen molar-refractivity contribution in [2.24, 2.45) is 0 Å². The van der Waals surface area contributed by atoms with Crippen LogP contribution in [0.4, 0.5) is 0 Å². The Balaban J connectivity index is 2.71. The molecule has 0 radical (unpaired) electrons. The number of carbonyl (C=O) groups is 1. The Hall–Kier alpha value is -0.153. The van der Waals surface area contributed by atoms with E-state index in [1.54, 1.807) is 7.11 Å². The molecule has 0 N–H and O–H groups in total. The Morgan fingerprint density at radius 3 is 2.82 bits per heavy atom. The van der Waals surface area contributed by atoms with Gasteiger partial charge in [-0.1, -0.05) is 13.0 Å². The molecule has 11 heavy (non-hydrogen) atoms. The zero-order valence-electron chi connectivity index (χ0n) is 7.30. The molecule has 0 amide bonds. The van der Waals surface area contributed by atoms with E-state index in [1.165, 1.54) is 0 Å². The molecule has 3 heteroatoms. The zero-order valence-corrected chi connectivity index (χ0v) is 8.71. The first kappa shape index (κ1) is 8.94. The lowest BCUT2D eigenvalue weighted by Gasteiger charge is -2.26. The van der Waals surface area contributed by atoms with E-state index >= 15 is 0 Å². The summed E-state index contributed by atoms with van der Waals surface area (Å²) in [4.78, 5) is 10.9. The molecule has 1 aliphatic rings. The molecule has 0 heterocycles. The van der Waals surface area contributed by atoms with Gasteiger partial charge in [0, 0.05) is 21.7 Å². The molecule has 0 aromatic heterocycles. The van der Waals surface area contributed by atoms with E-state index in [1.807, 2.05) is 0 Å². The van der Waals surface area contributed by atoms with Crippen molar-refractivity contribution in [1.29, 1.82) is 0 Å². The Bertz CT molecular complexity index is 149. The van der Waals surface area contributed by atoms with Crippen molar-refractivity contribution in [2.75, 3.05) is 7.11 Å². The summed E-state index contributed by atoms with van der Waals surface area (Å²) in [6.07, 6.45) is 4.70. The molecule has 1 rings (SSSR count). The first-order valence-electron chi connectivity index (χ1n) is 4.28. The summed E-state index contributed by atoms with van der Waals surface area (Å²) in [5.74, 6) is 0. The van der Waals surface area contributed by atoms with Crippen molar-refractivity contribution in [2.45, 2.75) is 37.0 Å². The Morgan fingerprint density at radius 2 is 2.45 bits per heavy atom. The van der Waals surface area contributed by atoms with E-state index in [9.17, 15) is 4.79 Å². The van der Waals surface area contributed by atoms with Gasteiger partial charge in [-0.3, -0.25) is 0 Å². The van der Waals surface area contributed by atoms with E-state index in [0.29, 0.717) is 0 Å². The molecule has 0 spiro atoms. The van der Waals surface area contributed by atoms with Crippen molar-refractivity contribution < 1.29 is 9.53 Å². The van der Waals surface area contributed by atoms with Gasteiger partial charge in [0.15, 0.2) is 0 Å². The highest BCUT2D eigenvalue weighted by Gasteiger charge is 2.41. The van der Waals surface area contributed by atoms with E-state index < -0.39 is 0 Å². The van der Waals surface area contributed by atoms with Crippen LogP contribution in [0.1, 0.15) is 19.3 Å². The second-order valence-corrected chi connectivity index (χ2v) is 5.34. The van der Waals surface area contributed by atoms with Crippen LogP contribution >= 0.6 is 0 Å². The van der Waals surface area contributed by atoms with Crippen LogP contribution in [0.25, 0.3) is 0 Å². The van der Waals surface area contributed by atoms with E-state index in [0.717, 1.165) is 25.5 Å². The van der Waals surface area contributed by atoms with Crippen molar-refractivity contribution >= 4 is 15.8 Å². The summed E-state index contributed by atoms with van der Waals surface area (Å²) in [6, 6.07) is 0. The maximum absolute atomic E-state index is 10.9. The fourth-order valence-corrected chi connectivity index (χ4v) is 3.64. The van der Waals surface area contributed by atoms with Crippen LogP contribution in [0.15, 0.2) is 0 Å². The molecular weight excluding hydrogens is 156 g/mol. The van der Waals surface area contributed by atoms with Crippen molar-refractivity contribution in [3.05, 3.63) is 0 Å². The van der Waals surface area contributed by atoms with Crippen LogP contribution in [-0.4, -0.2) is 29.0 Å². The third kappa shape index (κ3) is 1.40. The zero-order chi connectivity index (χ0) is 8.32. The first-order chi connectivity index (χ1) is 5.29. The van der Waals surface area contributed by atoms with Gasteiger partial charge >= 0.3 is 0 Å². The Labute approximate surface area is 70.1 Å². The topological polar surface area (TPSA) is 26.3 Å². The number of ether oxygens (including phenoxy) is 1. The van der Waals surface area contributed by atoms with E-state index in [2.05, 4.69) is 6.55 Å². The van der Waals surface area contributed by atoms with Crippen LogP contribution in [0.2, 0.25) is 11.6 Å². The molecule has 1 saturated carbocycles. The molecule has 2 atom stereocenters. The molecule has 0 unspecified atom stereocenters. The van der Waals surface area contributed by atoms with Crippen LogP contribution in [0.3, 0.4) is 0 Å². The van der Waals surface area contributed by atoms with Gasteiger partial charge in [0.2, 0.25) is 0 Å². The molecule has 0 saturated heterocycles. The third-order valence-corrected chi connectivity index (χ3v) is 5.22. The van der Waals surface area contributed by atoms with Gasteiger partial charge in [0.1, 0.15) is 6.29 Å². The predicted molar refractivity (Wildman–Crippen MR) is 47.8 cm³/mol. The molecular formula is C8H16O2Si. The lowest BCUT2D eigenvalue weighted by atomic mass is 10.1. The Kier molecular flexibility index (Phi) is 2.84. The summed E-state index contributed by atoms with van der Waals surface area (Å²) in [7, 11) is 1.45. The SMILES string of the molecule is CO[C@H]1CCC[C@@]1(C=O)[SiH2]C. The summed E-state index contributed by atoms with van der Waals surface area (Å²) in [5.41, 5.74) is 0. The normalized spacial score (nSPS) is 38.5. The van der Waals surface area contributed by atoms with Gasteiger partial charge in [-0.2, -0.15) is 0 Å². The lowest BCUT2D eigenvalue weighted by molar-refractivity contribution is -0.113. The maximum Gasteiger partial charge on any atom is 0.125 e. The lowest BCUT2D eigenvalue weighted by Crippen LogP contribution is -2.30. The maximum atomic E-state index is 10.9. The fourth-order valence-electron chi connectivity index (χ4n) is 2.04. The summed E-state index contributed by atoms with van der Waals surface area (Å²) in [5, 5.41) is -0.0191. The molecule has 0 aromatic rings. The fraction of sp³-hybridized carbons (Fsp3) is 0.875. The van der Waals surface area contributed by atoms with Crippen LogP contribution in [0, 0.1) is 0 Å². The minimum atomic E-state index is -0.268. The highest BCUT2D eigenvalue weighted by molar-refractivity contribution is 6.44. The van der Waals surface area contributed by atoms with Crippen molar-refractivity contribution in [1.82, 2.24) is 0 Å². The quantitative estimate of drug-likeness (QED) is 0.464. The number of rotatable bonds is 3. The minimum absolute atomic E-state index is 0.0191. The largest absolute Gasteiger partial charge is 0.381 e. The second kappa shape index (κ2) is 3.50. The smallest absolute Gasteiger partial charge is 0.125 e. The summed E-state index contributed by atoms with van der Waals surface area (Å²) in [6.45, 7) is 2.20. The van der Waals surface area contributed by atoms with Gasteiger partial charge in [-0.05, 0) is 12.8 Å². The van der Waals surface area contributed by atoms with Crippen molar-refractivity contribution in [3.63, 3.8) is 0 Å². The van der Waals surface area contributed by atoms with Gasteiger partial charge in [-0.15, -0.1) is 0 Å². The van der Waals surface area contributed by atoms with Crippen LogP contribution < -0.4 is 0 Å². The van der Waals surface area contributed by atoms with Crippen LogP contribution in [-0.2, 0) is 9.53 Å². The highest BCUT2D eigenvalue weighted by Crippen LogP contribution is 2.43. The summed E-state index contributed by atoms with van der Waals surface area (Å²) >= 11 is 0. The number of aldehydes is 1. The second-order valence-electron chi connectivity index (χ2n) is 3.32. The number of hydrogen-bond donors (Lipinski definition) is 0. The molecule has 2 nitrogen and oxygen atoms in total. The Morgan fingerprint density at radius 1 is 1.73 bits per heavy atom. The minimum Gasteiger partial charge on any atom is -0.381 e. The van der Waals surface area contributed by atoms with Gasteiger partial charge < -0.3 is 9.53 Å². The van der Waals surface area contributed by atoms with Crippen molar-refractivity contribution in [3.8, 4) is 0 Å². The molecule has 0 aliphatic heterocycles. The number of hydrogen-bond acceptors (Lipinski definition) is 2. The molecule has 64 valence electrons. The average molecular weight is 172 g/mol. The average Bonchev–Trinajstić information content (AvgIpc) is 2.47. The van der Waals surface area contributed by atoms with Gasteiger partial charge in [0.25, 0.3) is 0 Å². The standard InChI is InChI=1S/C8H16O2Si/c1-10-7-4-3-5-8(7,6-9)11-2/h6-7H,3-5,11H2,1-2H3/t7-,8-/m0/s1. The number of carbonyl (C=O) groups excluding carboxylic acids is 1. The molecule has 0 aromatic carbocycles.